The van der Waals surface area contributed by atoms with Gasteiger partial charge in [-0.1, -0.05) is 42.8 Å². The van der Waals surface area contributed by atoms with Gasteiger partial charge in [-0.05, 0) is 47.5 Å². The van der Waals surface area contributed by atoms with Crippen molar-refractivity contribution < 1.29 is 4.79 Å². The SMILES string of the molecule is CC(C)(C)c1ccc(C(=O)NC(=S)NNC(N)=S)cc1Br. The molecule has 114 valence electrons. The highest BCUT2D eigenvalue weighted by molar-refractivity contribution is 9.10. The fourth-order valence-corrected chi connectivity index (χ4v) is 2.76. The summed E-state index contributed by atoms with van der Waals surface area (Å²) >= 11 is 13.0. The summed E-state index contributed by atoms with van der Waals surface area (Å²) in [7, 11) is 0. The van der Waals surface area contributed by atoms with Crippen LogP contribution in [-0.2, 0) is 5.41 Å². The molecule has 0 aromatic heterocycles. The Morgan fingerprint density at radius 2 is 1.86 bits per heavy atom. The number of carbonyl (C=O) groups is 1. The van der Waals surface area contributed by atoms with E-state index in [-0.39, 0.29) is 21.5 Å². The smallest absolute Gasteiger partial charge is 0.257 e. The van der Waals surface area contributed by atoms with Crippen LogP contribution in [0.15, 0.2) is 22.7 Å². The predicted octanol–water partition coefficient (Wildman–Crippen LogP) is 2.10. The van der Waals surface area contributed by atoms with Crippen molar-refractivity contribution in [2.45, 2.75) is 26.2 Å². The Morgan fingerprint density at radius 1 is 1.24 bits per heavy atom. The van der Waals surface area contributed by atoms with E-state index in [0.717, 1.165) is 10.0 Å². The van der Waals surface area contributed by atoms with Gasteiger partial charge in [-0.2, -0.15) is 0 Å². The molecule has 0 radical (unpaired) electrons. The highest BCUT2D eigenvalue weighted by Gasteiger charge is 2.18. The van der Waals surface area contributed by atoms with E-state index in [1.165, 1.54) is 0 Å². The fourth-order valence-electron chi connectivity index (χ4n) is 1.59. The molecule has 1 aromatic carbocycles. The normalized spacial score (nSPS) is 10.7. The molecule has 0 unspecified atom stereocenters. The molecule has 1 rings (SSSR count). The Morgan fingerprint density at radius 3 is 2.33 bits per heavy atom. The largest absolute Gasteiger partial charge is 0.375 e. The lowest BCUT2D eigenvalue weighted by Crippen LogP contribution is -2.50. The van der Waals surface area contributed by atoms with Crippen molar-refractivity contribution in [2.75, 3.05) is 0 Å². The standard InChI is InChI=1S/C13H17BrN4OS2/c1-13(2,3)8-5-4-7(6-9(8)14)10(19)16-12(21)18-17-11(15)20/h4-6H,1-3H3,(H3,15,17,20)(H2,16,18,19,21). The quantitative estimate of drug-likeness (QED) is 0.435. The number of benzene rings is 1. The number of hydrazine groups is 1. The summed E-state index contributed by atoms with van der Waals surface area (Å²) in [6.07, 6.45) is 0. The lowest BCUT2D eigenvalue weighted by atomic mass is 9.86. The van der Waals surface area contributed by atoms with Crippen LogP contribution in [0.2, 0.25) is 0 Å². The van der Waals surface area contributed by atoms with E-state index >= 15 is 0 Å². The topological polar surface area (TPSA) is 79.2 Å². The Kier molecular flexibility index (Phi) is 6.06. The van der Waals surface area contributed by atoms with E-state index in [4.69, 9.17) is 18.0 Å². The zero-order valence-electron chi connectivity index (χ0n) is 11.9. The molecule has 21 heavy (non-hydrogen) atoms. The van der Waals surface area contributed by atoms with E-state index in [0.29, 0.717) is 5.56 Å². The Hall–Kier alpha value is -1.25. The van der Waals surface area contributed by atoms with Gasteiger partial charge in [0.25, 0.3) is 5.91 Å². The zero-order chi connectivity index (χ0) is 16.2. The molecule has 5 nitrogen and oxygen atoms in total. The number of halogens is 1. The Bertz CT molecular complexity index is 584. The van der Waals surface area contributed by atoms with Gasteiger partial charge in [-0.15, -0.1) is 0 Å². The van der Waals surface area contributed by atoms with Crippen LogP contribution in [0.5, 0.6) is 0 Å². The molecular weight excluding hydrogens is 372 g/mol. The minimum Gasteiger partial charge on any atom is -0.375 e. The number of nitrogens with two attached hydrogens (primary N) is 1. The van der Waals surface area contributed by atoms with Crippen LogP contribution in [0, 0.1) is 0 Å². The van der Waals surface area contributed by atoms with Crippen LogP contribution in [0.25, 0.3) is 0 Å². The maximum absolute atomic E-state index is 12.1. The van der Waals surface area contributed by atoms with Gasteiger partial charge in [-0.3, -0.25) is 21.0 Å². The van der Waals surface area contributed by atoms with Crippen molar-refractivity contribution in [1.82, 2.24) is 16.2 Å². The molecule has 1 aromatic rings. The minimum atomic E-state index is -0.321. The van der Waals surface area contributed by atoms with Gasteiger partial charge in [0, 0.05) is 10.0 Å². The minimum absolute atomic E-state index is 0.00850. The summed E-state index contributed by atoms with van der Waals surface area (Å²) < 4.78 is 0.878. The molecule has 0 bridgehead atoms. The van der Waals surface area contributed by atoms with Crippen LogP contribution in [0.3, 0.4) is 0 Å². The number of rotatable bonds is 1. The van der Waals surface area contributed by atoms with Gasteiger partial charge in [0.05, 0.1) is 0 Å². The van der Waals surface area contributed by atoms with Crippen molar-refractivity contribution in [3.8, 4) is 0 Å². The second-order valence-corrected chi connectivity index (χ2v) is 7.04. The molecule has 0 fully saturated rings. The molecular formula is C13H17BrN4OS2. The summed E-state index contributed by atoms with van der Waals surface area (Å²) in [5, 5.41) is 2.64. The Balaban J connectivity index is 2.78. The van der Waals surface area contributed by atoms with E-state index < -0.39 is 0 Å². The first-order valence-electron chi connectivity index (χ1n) is 6.08. The molecule has 1 amide bonds. The third-order valence-electron chi connectivity index (χ3n) is 2.57. The summed E-state index contributed by atoms with van der Waals surface area (Å²) in [6, 6.07) is 5.44. The second-order valence-electron chi connectivity index (χ2n) is 5.34. The zero-order valence-corrected chi connectivity index (χ0v) is 15.1. The van der Waals surface area contributed by atoms with Gasteiger partial charge in [0.1, 0.15) is 0 Å². The number of amides is 1. The van der Waals surface area contributed by atoms with Gasteiger partial charge < -0.3 is 5.73 Å². The second kappa shape index (κ2) is 7.15. The molecule has 0 aliphatic heterocycles. The number of hydrogen-bond donors (Lipinski definition) is 4. The van der Waals surface area contributed by atoms with Crippen LogP contribution < -0.4 is 21.9 Å². The summed E-state index contributed by atoms with van der Waals surface area (Å²) in [5.74, 6) is -0.321. The summed E-state index contributed by atoms with van der Waals surface area (Å²) in [4.78, 5) is 12.1. The van der Waals surface area contributed by atoms with E-state index in [9.17, 15) is 4.79 Å². The van der Waals surface area contributed by atoms with Gasteiger partial charge in [-0.25, -0.2) is 0 Å². The van der Waals surface area contributed by atoms with E-state index in [1.54, 1.807) is 12.1 Å². The Labute approximate surface area is 143 Å². The monoisotopic (exact) mass is 388 g/mol. The molecule has 0 heterocycles. The maximum Gasteiger partial charge on any atom is 0.257 e. The molecule has 0 spiro atoms. The fraction of sp³-hybridized carbons (Fsp3) is 0.308. The molecule has 0 saturated carbocycles. The molecule has 0 saturated heterocycles. The van der Waals surface area contributed by atoms with Crippen LogP contribution in [0.4, 0.5) is 0 Å². The number of nitrogens with one attached hydrogen (secondary N) is 3. The average molecular weight is 389 g/mol. The molecule has 0 atom stereocenters. The molecule has 0 aliphatic rings. The predicted molar refractivity (Wildman–Crippen MR) is 96.0 cm³/mol. The third kappa shape index (κ3) is 5.56. The van der Waals surface area contributed by atoms with Crippen LogP contribution in [-0.4, -0.2) is 16.1 Å². The van der Waals surface area contributed by atoms with Crippen LogP contribution >= 0.6 is 40.4 Å². The molecule has 8 heteroatoms. The van der Waals surface area contributed by atoms with Gasteiger partial charge in [0.15, 0.2) is 10.2 Å². The third-order valence-corrected chi connectivity index (χ3v) is 3.53. The molecule has 0 aliphatic carbocycles. The van der Waals surface area contributed by atoms with Crippen molar-refractivity contribution in [3.05, 3.63) is 33.8 Å². The van der Waals surface area contributed by atoms with Crippen molar-refractivity contribution in [2.24, 2.45) is 5.73 Å². The first kappa shape index (κ1) is 17.8. The average Bonchev–Trinajstić information content (AvgIpc) is 2.34. The van der Waals surface area contributed by atoms with Crippen molar-refractivity contribution >= 4 is 56.5 Å². The number of carbonyl (C=O) groups excluding carboxylic acids is 1. The highest BCUT2D eigenvalue weighted by Crippen LogP contribution is 2.30. The summed E-state index contributed by atoms with van der Waals surface area (Å²) in [6.45, 7) is 6.31. The van der Waals surface area contributed by atoms with Crippen molar-refractivity contribution in [1.29, 1.82) is 0 Å². The first-order valence-corrected chi connectivity index (χ1v) is 7.69. The first-order chi connectivity index (χ1) is 9.61. The van der Waals surface area contributed by atoms with Gasteiger partial charge >= 0.3 is 0 Å². The number of hydrogen-bond acceptors (Lipinski definition) is 3. The lowest BCUT2D eigenvalue weighted by Gasteiger charge is -2.21. The maximum atomic E-state index is 12.1. The van der Waals surface area contributed by atoms with Gasteiger partial charge in [0.2, 0.25) is 0 Å². The highest BCUT2D eigenvalue weighted by atomic mass is 79.9. The van der Waals surface area contributed by atoms with Crippen LogP contribution in [0.1, 0.15) is 36.7 Å². The number of thiocarbonyl (C=S) groups is 2. The van der Waals surface area contributed by atoms with E-state index in [1.807, 2.05) is 6.07 Å². The lowest BCUT2D eigenvalue weighted by molar-refractivity contribution is 0.0976. The summed E-state index contributed by atoms with van der Waals surface area (Å²) in [5.41, 5.74) is 11.8. The van der Waals surface area contributed by atoms with E-state index in [2.05, 4.69) is 65.1 Å². The molecule has 5 N–H and O–H groups in total. The van der Waals surface area contributed by atoms with Crippen molar-refractivity contribution in [3.63, 3.8) is 0 Å².